The van der Waals surface area contributed by atoms with E-state index in [1.54, 1.807) is 38.1 Å². The number of nitrogens with one attached hydrogen (secondary N) is 3. The van der Waals surface area contributed by atoms with E-state index < -0.39 is 27.3 Å². The highest BCUT2D eigenvalue weighted by molar-refractivity contribution is 7.89. The summed E-state index contributed by atoms with van der Waals surface area (Å²) in [6, 6.07) is 8.98. The molecule has 3 amide bonds. The number of rotatable bonds is 6. The summed E-state index contributed by atoms with van der Waals surface area (Å²) >= 11 is 0. The third-order valence-electron chi connectivity index (χ3n) is 4.16. The van der Waals surface area contributed by atoms with Gasteiger partial charge in [-0.05, 0) is 50.2 Å². The molecule has 1 aliphatic heterocycles. The quantitative estimate of drug-likeness (QED) is 0.666. The second-order valence-electron chi connectivity index (χ2n) is 6.81. The fraction of sp³-hybridized carbons (Fsp3) is 0.263. The molecule has 29 heavy (non-hydrogen) atoms. The minimum absolute atomic E-state index is 0.208. The molecule has 0 spiro atoms. The Kier molecular flexibility index (Phi) is 5.85. The molecular formula is C19H21FN4O4S. The summed E-state index contributed by atoms with van der Waals surface area (Å²) in [5.74, 6) is -1.65. The number of amides is 3. The van der Waals surface area contributed by atoms with E-state index in [0.717, 1.165) is 18.2 Å². The van der Waals surface area contributed by atoms with E-state index in [-0.39, 0.29) is 17.0 Å². The summed E-state index contributed by atoms with van der Waals surface area (Å²) in [6.07, 6.45) is 0. The topological polar surface area (TPSA) is 108 Å². The van der Waals surface area contributed by atoms with Gasteiger partial charge in [0.15, 0.2) is 0 Å². The Morgan fingerprint density at radius 3 is 2.62 bits per heavy atom. The predicted octanol–water partition coefficient (Wildman–Crippen LogP) is 2.29. The maximum Gasteiger partial charge on any atom is 0.321 e. The molecule has 2 aromatic rings. The molecule has 0 aliphatic carbocycles. The Labute approximate surface area is 168 Å². The third kappa shape index (κ3) is 4.72. The van der Waals surface area contributed by atoms with Crippen molar-refractivity contribution in [1.82, 2.24) is 10.0 Å². The van der Waals surface area contributed by atoms with Gasteiger partial charge in [0.05, 0.1) is 10.5 Å². The van der Waals surface area contributed by atoms with Crippen LogP contribution in [-0.2, 0) is 10.0 Å². The van der Waals surface area contributed by atoms with Crippen molar-refractivity contribution in [3.05, 3.63) is 53.8 Å². The van der Waals surface area contributed by atoms with Gasteiger partial charge in [-0.1, -0.05) is 6.07 Å². The zero-order chi connectivity index (χ0) is 21.2. The molecule has 1 aliphatic rings. The van der Waals surface area contributed by atoms with Crippen LogP contribution in [0.15, 0.2) is 47.4 Å². The standard InChI is InChI=1S/C19H21FN4O4S/c1-12(2)23-29(27,28)15-6-7-17(20)16(11-15)18(25)22-13-4-3-5-14(10-13)24-9-8-21-19(24)26/h3-7,10-12,23H,8-9H2,1-2H3,(H,21,26)(H,22,25). The maximum atomic E-state index is 14.2. The number of anilines is 2. The van der Waals surface area contributed by atoms with Crippen LogP contribution in [0.1, 0.15) is 24.2 Å². The lowest BCUT2D eigenvalue weighted by Crippen LogP contribution is -2.30. The average Bonchev–Trinajstić information content (AvgIpc) is 3.07. The first-order valence-corrected chi connectivity index (χ1v) is 10.4. The molecule has 3 rings (SSSR count). The summed E-state index contributed by atoms with van der Waals surface area (Å²) in [7, 11) is -3.88. The normalized spacial score (nSPS) is 14.2. The summed E-state index contributed by atoms with van der Waals surface area (Å²) in [6.45, 7) is 4.32. The zero-order valence-corrected chi connectivity index (χ0v) is 16.7. The van der Waals surface area contributed by atoms with Gasteiger partial charge in [-0.25, -0.2) is 22.3 Å². The third-order valence-corrected chi connectivity index (χ3v) is 5.81. The van der Waals surface area contributed by atoms with Gasteiger partial charge in [0.2, 0.25) is 10.0 Å². The van der Waals surface area contributed by atoms with Gasteiger partial charge in [-0.15, -0.1) is 0 Å². The minimum atomic E-state index is -3.88. The van der Waals surface area contributed by atoms with Crippen molar-refractivity contribution in [2.45, 2.75) is 24.8 Å². The number of benzene rings is 2. The fourth-order valence-electron chi connectivity index (χ4n) is 2.89. The van der Waals surface area contributed by atoms with Crippen molar-refractivity contribution in [3.8, 4) is 0 Å². The average molecular weight is 420 g/mol. The number of sulfonamides is 1. The lowest BCUT2D eigenvalue weighted by atomic mass is 10.2. The van der Waals surface area contributed by atoms with Crippen molar-refractivity contribution in [2.24, 2.45) is 0 Å². The molecule has 154 valence electrons. The van der Waals surface area contributed by atoms with Gasteiger partial charge >= 0.3 is 6.03 Å². The molecular weight excluding hydrogens is 399 g/mol. The van der Waals surface area contributed by atoms with Crippen molar-refractivity contribution in [3.63, 3.8) is 0 Å². The van der Waals surface area contributed by atoms with E-state index in [0.29, 0.717) is 24.5 Å². The maximum absolute atomic E-state index is 14.2. The second kappa shape index (κ2) is 8.18. The van der Waals surface area contributed by atoms with E-state index in [9.17, 15) is 22.4 Å². The summed E-state index contributed by atoms with van der Waals surface area (Å²) < 4.78 is 41.2. The minimum Gasteiger partial charge on any atom is -0.336 e. The monoisotopic (exact) mass is 420 g/mol. The molecule has 0 unspecified atom stereocenters. The van der Waals surface area contributed by atoms with E-state index in [1.807, 2.05) is 0 Å². The van der Waals surface area contributed by atoms with Crippen LogP contribution >= 0.6 is 0 Å². The Balaban J connectivity index is 1.84. The molecule has 1 saturated heterocycles. The second-order valence-corrected chi connectivity index (χ2v) is 8.52. The highest BCUT2D eigenvalue weighted by atomic mass is 32.2. The first-order valence-electron chi connectivity index (χ1n) is 8.96. The van der Waals surface area contributed by atoms with Crippen LogP contribution in [0.2, 0.25) is 0 Å². The van der Waals surface area contributed by atoms with Crippen LogP contribution in [-0.4, -0.2) is 39.5 Å². The summed E-state index contributed by atoms with van der Waals surface area (Å²) in [5.41, 5.74) is 0.525. The predicted molar refractivity (Wildman–Crippen MR) is 107 cm³/mol. The van der Waals surface area contributed by atoms with Gasteiger partial charge < -0.3 is 10.6 Å². The Morgan fingerprint density at radius 1 is 1.21 bits per heavy atom. The van der Waals surface area contributed by atoms with Crippen molar-refractivity contribution in [2.75, 3.05) is 23.3 Å². The van der Waals surface area contributed by atoms with Crippen molar-refractivity contribution in [1.29, 1.82) is 0 Å². The lowest BCUT2D eigenvalue weighted by molar-refractivity contribution is 0.102. The molecule has 2 aromatic carbocycles. The molecule has 10 heteroatoms. The number of carbonyl (C=O) groups is 2. The molecule has 1 fully saturated rings. The SMILES string of the molecule is CC(C)NS(=O)(=O)c1ccc(F)c(C(=O)Nc2cccc(N3CCNC3=O)c2)c1. The van der Waals surface area contributed by atoms with E-state index in [1.165, 1.54) is 4.90 Å². The Morgan fingerprint density at radius 2 is 1.97 bits per heavy atom. The Bertz CT molecular complexity index is 1060. The number of carbonyl (C=O) groups excluding carboxylic acids is 2. The highest BCUT2D eigenvalue weighted by Gasteiger charge is 2.22. The number of hydrogen-bond acceptors (Lipinski definition) is 4. The van der Waals surface area contributed by atoms with Crippen LogP contribution < -0.4 is 20.3 Å². The largest absolute Gasteiger partial charge is 0.336 e. The molecule has 3 N–H and O–H groups in total. The van der Waals surface area contributed by atoms with Gasteiger partial charge in [-0.2, -0.15) is 0 Å². The molecule has 1 heterocycles. The van der Waals surface area contributed by atoms with Crippen LogP contribution in [0.4, 0.5) is 20.6 Å². The van der Waals surface area contributed by atoms with Crippen molar-refractivity contribution < 1.29 is 22.4 Å². The van der Waals surface area contributed by atoms with E-state index in [4.69, 9.17) is 0 Å². The summed E-state index contributed by atoms with van der Waals surface area (Å²) in [4.78, 5) is 25.7. The first-order chi connectivity index (χ1) is 13.7. The van der Waals surface area contributed by atoms with E-state index in [2.05, 4.69) is 15.4 Å². The van der Waals surface area contributed by atoms with Gasteiger partial charge in [0.1, 0.15) is 5.82 Å². The molecule has 0 radical (unpaired) electrons. The summed E-state index contributed by atoms with van der Waals surface area (Å²) in [5, 5.41) is 5.23. The van der Waals surface area contributed by atoms with E-state index >= 15 is 0 Å². The Hall–Kier alpha value is -2.98. The van der Waals surface area contributed by atoms with Crippen LogP contribution in [0.5, 0.6) is 0 Å². The van der Waals surface area contributed by atoms with Crippen LogP contribution in [0.25, 0.3) is 0 Å². The number of urea groups is 1. The van der Waals surface area contributed by atoms with Crippen LogP contribution in [0.3, 0.4) is 0 Å². The molecule has 0 saturated carbocycles. The highest BCUT2D eigenvalue weighted by Crippen LogP contribution is 2.22. The number of hydrogen-bond donors (Lipinski definition) is 3. The van der Waals surface area contributed by atoms with Crippen LogP contribution in [0, 0.1) is 5.82 Å². The molecule has 0 bridgehead atoms. The zero-order valence-electron chi connectivity index (χ0n) is 15.9. The lowest BCUT2D eigenvalue weighted by Gasteiger charge is -2.16. The van der Waals surface area contributed by atoms with Gasteiger partial charge in [0, 0.05) is 30.5 Å². The number of halogens is 1. The smallest absolute Gasteiger partial charge is 0.321 e. The molecule has 8 nitrogen and oxygen atoms in total. The fourth-order valence-corrected chi connectivity index (χ4v) is 4.17. The number of nitrogens with zero attached hydrogens (tertiary/aromatic N) is 1. The molecule has 0 atom stereocenters. The van der Waals surface area contributed by atoms with Gasteiger partial charge in [0.25, 0.3) is 5.91 Å². The molecule has 0 aromatic heterocycles. The van der Waals surface area contributed by atoms with Gasteiger partial charge in [-0.3, -0.25) is 9.69 Å². The first kappa shape index (κ1) is 20.7. The van der Waals surface area contributed by atoms with Crippen molar-refractivity contribution >= 4 is 33.3 Å².